The number of anilines is 1. The molecule has 0 aromatic carbocycles. The number of halogens is 1. The van der Waals surface area contributed by atoms with E-state index >= 15 is 0 Å². The van der Waals surface area contributed by atoms with Crippen molar-refractivity contribution in [2.75, 3.05) is 44.2 Å². The molecule has 1 unspecified atom stereocenters. The van der Waals surface area contributed by atoms with E-state index in [1.807, 2.05) is 19.1 Å². The first-order chi connectivity index (χ1) is 13.5. The van der Waals surface area contributed by atoms with E-state index < -0.39 is 12.1 Å². The second-order valence-corrected chi connectivity index (χ2v) is 7.95. The molecular weight excluding hydrogens is 361 g/mol. The third kappa shape index (κ3) is 3.89. The van der Waals surface area contributed by atoms with Gasteiger partial charge in [0.2, 0.25) is 11.8 Å². The summed E-state index contributed by atoms with van der Waals surface area (Å²) in [5.74, 6) is -0.898. The summed E-state index contributed by atoms with van der Waals surface area (Å²) in [5.41, 5.74) is 2.41. The highest BCUT2D eigenvalue weighted by molar-refractivity contribution is 6.00. The number of piperazine rings is 1. The Morgan fingerprint density at radius 3 is 2.61 bits per heavy atom. The third-order valence-electron chi connectivity index (χ3n) is 6.14. The van der Waals surface area contributed by atoms with Crippen LogP contribution in [0.1, 0.15) is 36.6 Å². The fourth-order valence-corrected chi connectivity index (χ4v) is 4.61. The number of amides is 2. The Balaban J connectivity index is 1.43. The summed E-state index contributed by atoms with van der Waals surface area (Å²) in [7, 11) is 0. The number of aryl methyl sites for hydroxylation is 1. The zero-order valence-corrected chi connectivity index (χ0v) is 16.3. The van der Waals surface area contributed by atoms with Crippen LogP contribution >= 0.6 is 0 Å². The summed E-state index contributed by atoms with van der Waals surface area (Å²) in [6.07, 6.45) is 0.734. The van der Waals surface area contributed by atoms with Crippen LogP contribution in [0.2, 0.25) is 0 Å². The maximum Gasteiger partial charge on any atom is 0.235 e. The summed E-state index contributed by atoms with van der Waals surface area (Å²) >= 11 is 0. The molecule has 0 spiro atoms. The molecule has 1 aromatic heterocycles. The van der Waals surface area contributed by atoms with Gasteiger partial charge in [-0.1, -0.05) is 0 Å². The Labute approximate surface area is 164 Å². The molecule has 3 aliphatic heterocycles. The van der Waals surface area contributed by atoms with Gasteiger partial charge in [0.15, 0.2) is 0 Å². The van der Waals surface area contributed by atoms with Gasteiger partial charge in [-0.25, -0.2) is 4.39 Å². The number of nitrogens with one attached hydrogen (secondary N) is 2. The number of aromatic nitrogens is 1. The first kappa shape index (κ1) is 19.3. The van der Waals surface area contributed by atoms with E-state index in [1.54, 1.807) is 0 Å². The quantitative estimate of drug-likeness (QED) is 0.743. The number of piperidine rings is 2. The molecule has 28 heavy (non-hydrogen) atoms. The molecule has 152 valence electrons. The minimum Gasteiger partial charge on any atom is -0.367 e. The fraction of sp³-hybridized carbons (Fsp3) is 0.650. The minimum atomic E-state index is -0.888. The molecule has 3 fully saturated rings. The van der Waals surface area contributed by atoms with Gasteiger partial charge in [0.05, 0.1) is 29.5 Å². The van der Waals surface area contributed by atoms with Crippen LogP contribution in [-0.2, 0) is 9.59 Å². The van der Waals surface area contributed by atoms with Crippen molar-refractivity contribution in [2.45, 2.75) is 44.3 Å². The molecule has 1 aromatic rings. The van der Waals surface area contributed by atoms with Crippen LogP contribution in [0.15, 0.2) is 12.1 Å². The second-order valence-electron chi connectivity index (χ2n) is 7.95. The highest BCUT2D eigenvalue weighted by Gasteiger charge is 2.35. The van der Waals surface area contributed by atoms with Gasteiger partial charge in [0.1, 0.15) is 6.17 Å². The zero-order chi connectivity index (χ0) is 19.7. The predicted octanol–water partition coefficient (Wildman–Crippen LogP) is 0.732. The molecule has 4 rings (SSSR count). The molecule has 3 aliphatic rings. The number of carbonyl (C=O) groups is 2. The van der Waals surface area contributed by atoms with Crippen LogP contribution in [0, 0.1) is 6.92 Å². The lowest BCUT2D eigenvalue weighted by Crippen LogP contribution is -2.57. The van der Waals surface area contributed by atoms with Gasteiger partial charge >= 0.3 is 0 Å². The molecule has 0 radical (unpaired) electrons. The number of alkyl halides is 1. The fourth-order valence-electron chi connectivity index (χ4n) is 4.61. The molecule has 4 heterocycles. The predicted molar refractivity (Wildman–Crippen MR) is 104 cm³/mol. The lowest BCUT2D eigenvalue weighted by molar-refractivity contribution is -0.134. The smallest absolute Gasteiger partial charge is 0.235 e. The SMILES string of the molecule is Cc1nc(C2CCC(=O)NC2=O)ccc1N1CC[C@@H](N2CCNCC2)[C@H](F)C1. The standard InChI is InChI=1S/C20H28FN5O2/c1-13-17(4-3-16(23-13)14-2-5-19(27)24-20(14)28)26-9-6-18(15(21)12-26)25-10-7-22-8-11-25/h3-4,14-15,18,22H,2,5-12H2,1H3,(H,24,27,28)/t14?,15-,18-/m1/s1. The lowest BCUT2D eigenvalue weighted by atomic mass is 9.94. The Kier molecular flexibility index (Phi) is 5.59. The van der Waals surface area contributed by atoms with E-state index in [0.717, 1.165) is 50.5 Å². The Hall–Kier alpha value is -2.06. The van der Waals surface area contributed by atoms with Gasteiger partial charge in [-0.15, -0.1) is 0 Å². The van der Waals surface area contributed by atoms with Crippen LogP contribution < -0.4 is 15.5 Å². The van der Waals surface area contributed by atoms with Crippen molar-refractivity contribution >= 4 is 17.5 Å². The van der Waals surface area contributed by atoms with Crippen LogP contribution in [0.3, 0.4) is 0 Å². The maximum atomic E-state index is 14.9. The van der Waals surface area contributed by atoms with Crippen LogP contribution in [0.25, 0.3) is 0 Å². The van der Waals surface area contributed by atoms with Crippen molar-refractivity contribution in [1.82, 2.24) is 20.5 Å². The van der Waals surface area contributed by atoms with Crippen LogP contribution in [0.4, 0.5) is 10.1 Å². The second kappa shape index (κ2) is 8.13. The average Bonchev–Trinajstić information content (AvgIpc) is 2.68. The molecule has 0 aliphatic carbocycles. The summed E-state index contributed by atoms with van der Waals surface area (Å²) < 4.78 is 14.9. The molecular formula is C20H28FN5O2. The van der Waals surface area contributed by atoms with E-state index in [0.29, 0.717) is 25.1 Å². The van der Waals surface area contributed by atoms with Gasteiger partial charge in [-0.3, -0.25) is 24.8 Å². The van der Waals surface area contributed by atoms with Crippen LogP contribution in [0.5, 0.6) is 0 Å². The first-order valence-electron chi connectivity index (χ1n) is 10.2. The number of rotatable bonds is 3. The normalized spacial score (nSPS) is 29.6. The van der Waals surface area contributed by atoms with Crippen molar-refractivity contribution in [1.29, 1.82) is 0 Å². The van der Waals surface area contributed by atoms with Gasteiger partial charge in [0, 0.05) is 45.2 Å². The van der Waals surface area contributed by atoms with Crippen molar-refractivity contribution < 1.29 is 14.0 Å². The summed E-state index contributed by atoms with van der Waals surface area (Å²) in [6.45, 7) is 6.75. The summed E-state index contributed by atoms with van der Waals surface area (Å²) in [5, 5.41) is 5.70. The van der Waals surface area contributed by atoms with E-state index in [-0.39, 0.29) is 17.9 Å². The number of carbonyl (C=O) groups excluding carboxylic acids is 2. The molecule has 3 atom stereocenters. The highest BCUT2D eigenvalue weighted by atomic mass is 19.1. The summed E-state index contributed by atoms with van der Waals surface area (Å²) in [6, 6.07) is 3.78. The topological polar surface area (TPSA) is 77.6 Å². The van der Waals surface area contributed by atoms with Gasteiger partial charge < -0.3 is 10.2 Å². The molecule has 3 saturated heterocycles. The highest BCUT2D eigenvalue weighted by Crippen LogP contribution is 2.30. The lowest BCUT2D eigenvalue weighted by Gasteiger charge is -2.43. The maximum absolute atomic E-state index is 14.9. The van der Waals surface area contributed by atoms with Crippen molar-refractivity contribution in [2.24, 2.45) is 0 Å². The van der Waals surface area contributed by atoms with E-state index in [4.69, 9.17) is 0 Å². The Morgan fingerprint density at radius 2 is 1.93 bits per heavy atom. The van der Waals surface area contributed by atoms with E-state index in [1.165, 1.54) is 0 Å². The monoisotopic (exact) mass is 389 g/mol. The van der Waals surface area contributed by atoms with Gasteiger partial charge in [0.25, 0.3) is 0 Å². The Bertz CT molecular complexity index is 752. The third-order valence-corrected chi connectivity index (χ3v) is 6.14. The molecule has 8 heteroatoms. The number of hydrogen-bond donors (Lipinski definition) is 2. The van der Waals surface area contributed by atoms with Crippen LogP contribution in [-0.4, -0.2) is 73.2 Å². The van der Waals surface area contributed by atoms with Crippen molar-refractivity contribution in [3.8, 4) is 0 Å². The molecule has 2 N–H and O–H groups in total. The largest absolute Gasteiger partial charge is 0.367 e. The Morgan fingerprint density at radius 1 is 1.14 bits per heavy atom. The summed E-state index contributed by atoms with van der Waals surface area (Å²) in [4.78, 5) is 32.4. The van der Waals surface area contributed by atoms with Gasteiger partial charge in [-0.05, 0) is 31.9 Å². The first-order valence-corrected chi connectivity index (χ1v) is 10.2. The number of nitrogens with zero attached hydrogens (tertiary/aromatic N) is 3. The van der Waals surface area contributed by atoms with E-state index in [2.05, 4.69) is 25.4 Å². The average molecular weight is 389 g/mol. The number of hydrogen-bond acceptors (Lipinski definition) is 6. The van der Waals surface area contributed by atoms with Crippen molar-refractivity contribution in [3.63, 3.8) is 0 Å². The molecule has 7 nitrogen and oxygen atoms in total. The number of pyridine rings is 1. The minimum absolute atomic E-state index is 0.00522. The van der Waals surface area contributed by atoms with E-state index in [9.17, 15) is 14.0 Å². The van der Waals surface area contributed by atoms with Crippen molar-refractivity contribution in [3.05, 3.63) is 23.5 Å². The number of imide groups is 1. The molecule has 2 amide bonds. The zero-order valence-electron chi connectivity index (χ0n) is 16.3. The molecule has 0 bridgehead atoms. The molecule has 0 saturated carbocycles. The van der Waals surface area contributed by atoms with Gasteiger partial charge in [-0.2, -0.15) is 0 Å².